The van der Waals surface area contributed by atoms with Gasteiger partial charge in [0.1, 0.15) is 5.75 Å². The van der Waals surface area contributed by atoms with Crippen LogP contribution in [0.3, 0.4) is 0 Å². The molecule has 19 heavy (non-hydrogen) atoms. The number of nitrogens with one attached hydrogen (secondary N) is 1. The highest BCUT2D eigenvalue weighted by atomic mass is 79.9. The number of halogens is 1. The second kappa shape index (κ2) is 5.39. The summed E-state index contributed by atoms with van der Waals surface area (Å²) >= 11 is 3.58. The van der Waals surface area contributed by atoms with Crippen molar-refractivity contribution >= 4 is 15.9 Å². The third kappa shape index (κ3) is 2.69. The molecule has 0 radical (unpaired) electrons. The first-order chi connectivity index (χ1) is 9.26. The second-order valence-electron chi connectivity index (χ2n) is 4.87. The molecule has 1 aromatic heterocycles. The first-order valence-electron chi connectivity index (χ1n) is 6.49. The third-order valence-electron chi connectivity index (χ3n) is 3.37. The molecule has 1 aliphatic heterocycles. The SMILES string of the molecule is CNCc1ccn(Cc2cc(Br)cc3c2OCC3)c1. The molecule has 0 fully saturated rings. The summed E-state index contributed by atoms with van der Waals surface area (Å²) in [5.41, 5.74) is 3.86. The molecule has 0 bridgehead atoms. The standard InChI is InChI=1S/C15H17BrN2O/c1-17-8-11-2-4-18(9-11)10-13-7-14(16)6-12-3-5-19-15(12)13/h2,4,6-7,9,17H,3,5,8,10H2,1H3. The van der Waals surface area contributed by atoms with Crippen molar-refractivity contribution in [3.63, 3.8) is 0 Å². The number of ether oxygens (including phenoxy) is 1. The minimum absolute atomic E-state index is 0.801. The molecule has 1 aliphatic rings. The van der Waals surface area contributed by atoms with Crippen LogP contribution in [0.15, 0.2) is 35.1 Å². The highest BCUT2D eigenvalue weighted by molar-refractivity contribution is 9.10. The summed E-state index contributed by atoms with van der Waals surface area (Å²) in [4.78, 5) is 0. The van der Waals surface area contributed by atoms with E-state index in [0.29, 0.717) is 0 Å². The number of hydrogen-bond donors (Lipinski definition) is 1. The summed E-state index contributed by atoms with van der Waals surface area (Å²) in [6.45, 7) is 2.56. The molecule has 0 unspecified atom stereocenters. The molecule has 3 nitrogen and oxygen atoms in total. The van der Waals surface area contributed by atoms with Crippen LogP contribution in [0, 0.1) is 0 Å². The Balaban J connectivity index is 1.86. The van der Waals surface area contributed by atoms with Gasteiger partial charge >= 0.3 is 0 Å². The van der Waals surface area contributed by atoms with Gasteiger partial charge in [-0.2, -0.15) is 0 Å². The lowest BCUT2D eigenvalue weighted by Gasteiger charge is -2.10. The van der Waals surface area contributed by atoms with E-state index in [0.717, 1.165) is 36.3 Å². The van der Waals surface area contributed by atoms with E-state index in [9.17, 15) is 0 Å². The van der Waals surface area contributed by atoms with Gasteiger partial charge in [0, 0.05) is 35.4 Å². The zero-order valence-corrected chi connectivity index (χ0v) is 12.5. The van der Waals surface area contributed by atoms with Crippen LogP contribution >= 0.6 is 15.9 Å². The molecule has 3 rings (SSSR count). The van der Waals surface area contributed by atoms with Crippen LogP contribution in [0.2, 0.25) is 0 Å². The Hall–Kier alpha value is -1.26. The average molecular weight is 321 g/mol. The van der Waals surface area contributed by atoms with Crippen molar-refractivity contribution in [2.24, 2.45) is 0 Å². The van der Waals surface area contributed by atoms with Gasteiger partial charge in [0.2, 0.25) is 0 Å². The van der Waals surface area contributed by atoms with Gasteiger partial charge in [-0.15, -0.1) is 0 Å². The Kier molecular flexibility index (Phi) is 3.62. The average Bonchev–Trinajstić information content (AvgIpc) is 2.98. The van der Waals surface area contributed by atoms with Crippen LogP contribution in [0.4, 0.5) is 0 Å². The Morgan fingerprint density at radius 3 is 3.16 bits per heavy atom. The maximum absolute atomic E-state index is 5.76. The normalized spacial score (nSPS) is 13.4. The minimum atomic E-state index is 0.801. The van der Waals surface area contributed by atoms with Crippen molar-refractivity contribution in [1.82, 2.24) is 9.88 Å². The highest BCUT2D eigenvalue weighted by Gasteiger charge is 2.17. The molecular weight excluding hydrogens is 304 g/mol. The Bertz CT molecular complexity index is 592. The topological polar surface area (TPSA) is 26.2 Å². The van der Waals surface area contributed by atoms with Crippen LogP contribution in [-0.2, 0) is 19.5 Å². The van der Waals surface area contributed by atoms with Gasteiger partial charge < -0.3 is 14.6 Å². The molecule has 0 amide bonds. The minimum Gasteiger partial charge on any atom is -0.493 e. The lowest BCUT2D eigenvalue weighted by Crippen LogP contribution is -2.04. The van der Waals surface area contributed by atoms with E-state index >= 15 is 0 Å². The first-order valence-corrected chi connectivity index (χ1v) is 7.29. The number of aromatic nitrogens is 1. The van der Waals surface area contributed by atoms with Crippen LogP contribution < -0.4 is 10.1 Å². The number of rotatable bonds is 4. The molecular formula is C15H17BrN2O. The highest BCUT2D eigenvalue weighted by Crippen LogP contribution is 2.33. The van der Waals surface area contributed by atoms with Gasteiger partial charge in [0.15, 0.2) is 0 Å². The fourth-order valence-corrected chi connectivity index (χ4v) is 3.11. The van der Waals surface area contributed by atoms with E-state index in [1.54, 1.807) is 0 Å². The lowest BCUT2D eigenvalue weighted by atomic mass is 10.1. The fourth-order valence-electron chi connectivity index (χ4n) is 2.56. The van der Waals surface area contributed by atoms with Crippen LogP contribution in [0.25, 0.3) is 0 Å². The Morgan fingerprint density at radius 1 is 1.42 bits per heavy atom. The Morgan fingerprint density at radius 2 is 2.32 bits per heavy atom. The second-order valence-corrected chi connectivity index (χ2v) is 5.79. The number of benzene rings is 1. The molecule has 0 saturated heterocycles. The molecule has 1 aromatic carbocycles. The zero-order chi connectivity index (χ0) is 13.2. The summed E-state index contributed by atoms with van der Waals surface area (Å²) in [7, 11) is 1.96. The molecule has 0 spiro atoms. The fraction of sp³-hybridized carbons (Fsp3) is 0.333. The van der Waals surface area contributed by atoms with Gasteiger partial charge in [-0.3, -0.25) is 0 Å². The molecule has 100 valence electrons. The zero-order valence-electron chi connectivity index (χ0n) is 10.9. The van der Waals surface area contributed by atoms with E-state index in [4.69, 9.17) is 4.74 Å². The summed E-state index contributed by atoms with van der Waals surface area (Å²) in [5.74, 6) is 1.08. The van der Waals surface area contributed by atoms with E-state index in [1.165, 1.54) is 16.7 Å². The summed E-state index contributed by atoms with van der Waals surface area (Å²) in [5, 5.41) is 3.17. The predicted molar refractivity (Wildman–Crippen MR) is 79.6 cm³/mol. The monoisotopic (exact) mass is 320 g/mol. The molecule has 2 heterocycles. The predicted octanol–water partition coefficient (Wildman–Crippen LogP) is 2.95. The lowest BCUT2D eigenvalue weighted by molar-refractivity contribution is 0.352. The maximum Gasteiger partial charge on any atom is 0.127 e. The van der Waals surface area contributed by atoms with Crippen molar-refractivity contribution in [2.45, 2.75) is 19.5 Å². The summed E-state index contributed by atoms with van der Waals surface area (Å²) in [6, 6.07) is 6.46. The van der Waals surface area contributed by atoms with Crippen LogP contribution in [-0.4, -0.2) is 18.2 Å². The van der Waals surface area contributed by atoms with Crippen molar-refractivity contribution in [2.75, 3.05) is 13.7 Å². The van der Waals surface area contributed by atoms with Crippen molar-refractivity contribution in [1.29, 1.82) is 0 Å². The van der Waals surface area contributed by atoms with E-state index < -0.39 is 0 Å². The molecule has 2 aromatic rings. The number of nitrogens with zero attached hydrogens (tertiary/aromatic N) is 1. The molecule has 0 atom stereocenters. The van der Waals surface area contributed by atoms with Gasteiger partial charge in [-0.05, 0) is 36.4 Å². The van der Waals surface area contributed by atoms with Gasteiger partial charge in [0.05, 0.1) is 13.2 Å². The van der Waals surface area contributed by atoms with Crippen molar-refractivity contribution in [3.05, 3.63) is 51.8 Å². The van der Waals surface area contributed by atoms with E-state index in [-0.39, 0.29) is 0 Å². The summed E-state index contributed by atoms with van der Waals surface area (Å²) < 4.78 is 9.10. The van der Waals surface area contributed by atoms with Gasteiger partial charge in [-0.25, -0.2) is 0 Å². The largest absolute Gasteiger partial charge is 0.493 e. The van der Waals surface area contributed by atoms with Crippen molar-refractivity contribution in [3.8, 4) is 5.75 Å². The Labute approximate surface area is 121 Å². The molecule has 0 saturated carbocycles. The number of fused-ring (bicyclic) bond motifs is 1. The van der Waals surface area contributed by atoms with Crippen LogP contribution in [0.5, 0.6) is 5.75 Å². The smallest absolute Gasteiger partial charge is 0.127 e. The van der Waals surface area contributed by atoms with E-state index in [2.05, 4.69) is 56.4 Å². The molecule has 1 N–H and O–H groups in total. The van der Waals surface area contributed by atoms with Gasteiger partial charge in [-0.1, -0.05) is 15.9 Å². The molecule has 4 heteroatoms. The van der Waals surface area contributed by atoms with Crippen LogP contribution in [0.1, 0.15) is 16.7 Å². The quantitative estimate of drug-likeness (QED) is 0.937. The first kappa shape index (κ1) is 12.8. The van der Waals surface area contributed by atoms with Gasteiger partial charge in [0.25, 0.3) is 0 Å². The van der Waals surface area contributed by atoms with Crippen molar-refractivity contribution < 1.29 is 4.74 Å². The maximum atomic E-state index is 5.76. The molecule has 0 aliphatic carbocycles. The number of hydrogen-bond acceptors (Lipinski definition) is 2. The third-order valence-corrected chi connectivity index (χ3v) is 3.83. The summed E-state index contributed by atoms with van der Waals surface area (Å²) in [6.07, 6.45) is 5.31. The van der Waals surface area contributed by atoms with E-state index in [1.807, 2.05) is 7.05 Å².